The third-order valence-electron chi connectivity index (χ3n) is 2.55. The number of aromatic nitrogens is 4. The van der Waals surface area contributed by atoms with E-state index >= 15 is 0 Å². The molecule has 1 aromatic heterocycles. The number of nitrogens with one attached hydrogen (secondary N) is 1. The van der Waals surface area contributed by atoms with Gasteiger partial charge >= 0.3 is 0 Å². The highest BCUT2D eigenvalue weighted by Gasteiger charge is 1.98. The lowest BCUT2D eigenvalue weighted by Crippen LogP contribution is -1.83. The molecule has 1 N–H and O–H groups in total. The molecule has 2 aromatic carbocycles. The fourth-order valence-electron chi connectivity index (χ4n) is 1.54. The average molecular weight is 341 g/mol. The van der Waals surface area contributed by atoms with Gasteiger partial charge < -0.3 is 0 Å². The van der Waals surface area contributed by atoms with Crippen molar-refractivity contribution >= 4 is 23.5 Å². The fourth-order valence-corrected chi connectivity index (χ4v) is 2.89. The van der Waals surface area contributed by atoms with Gasteiger partial charge in [-0.25, -0.2) is 0 Å². The van der Waals surface area contributed by atoms with Gasteiger partial charge in [0, 0.05) is 9.79 Å². The van der Waals surface area contributed by atoms with E-state index in [-0.39, 0.29) is 0 Å². The molecule has 0 saturated carbocycles. The Labute approximate surface area is 143 Å². The van der Waals surface area contributed by atoms with Crippen LogP contribution in [0.1, 0.15) is 5.82 Å². The van der Waals surface area contributed by atoms with Crippen molar-refractivity contribution in [2.45, 2.75) is 15.5 Å². The lowest BCUT2D eigenvalue weighted by molar-refractivity contribution is 0.881. The van der Waals surface area contributed by atoms with E-state index in [1.807, 2.05) is 48.5 Å². The van der Waals surface area contributed by atoms with Crippen molar-refractivity contribution in [1.82, 2.24) is 20.6 Å². The molecular weight excluding hydrogens is 326 g/mol. The summed E-state index contributed by atoms with van der Waals surface area (Å²) >= 11 is 3.25. The van der Waals surface area contributed by atoms with Crippen LogP contribution in [-0.2, 0) is 5.75 Å². The Bertz CT molecular complexity index is 696. The Morgan fingerprint density at radius 2 is 1.52 bits per heavy atom. The largest absolute Gasteiger partial charge is 0.197 e. The van der Waals surface area contributed by atoms with E-state index in [1.54, 1.807) is 23.5 Å². The van der Waals surface area contributed by atoms with Crippen molar-refractivity contribution < 1.29 is 0 Å². The standard InChI is InChI=1S/C8H8N4S.C8H7NS/c1-2-4-7(5-3-1)13-6-8-9-11-12-10-8;9-6-7-10-8-4-2-1-3-5-8/h1-5H,6H2,(H,9,10,11,12);1-5H,7H2. The molecule has 0 aliphatic carbocycles. The molecule has 0 aliphatic rings. The smallest absolute Gasteiger partial charge is 0.184 e. The monoisotopic (exact) mass is 341 g/mol. The predicted octanol–water partition coefficient (Wildman–Crippen LogP) is 3.79. The minimum Gasteiger partial charge on any atom is -0.197 e. The number of tetrazole rings is 1. The quantitative estimate of drug-likeness (QED) is 0.711. The maximum Gasteiger partial charge on any atom is 0.184 e. The molecular formula is C16H15N5S2. The summed E-state index contributed by atoms with van der Waals surface area (Å²) < 4.78 is 0. The summed E-state index contributed by atoms with van der Waals surface area (Å²) in [6, 6.07) is 22.1. The molecule has 7 heteroatoms. The van der Waals surface area contributed by atoms with E-state index in [2.05, 4.69) is 38.8 Å². The van der Waals surface area contributed by atoms with E-state index in [0.29, 0.717) is 5.75 Å². The van der Waals surface area contributed by atoms with Crippen molar-refractivity contribution in [3.05, 3.63) is 66.5 Å². The third kappa shape index (κ3) is 7.00. The van der Waals surface area contributed by atoms with Gasteiger partial charge in [0.05, 0.1) is 17.6 Å². The summed E-state index contributed by atoms with van der Waals surface area (Å²) in [6.45, 7) is 0. The minimum absolute atomic E-state index is 0.532. The van der Waals surface area contributed by atoms with Gasteiger partial charge in [-0.1, -0.05) is 41.6 Å². The number of thioether (sulfide) groups is 2. The first kappa shape index (κ1) is 17.1. The highest BCUT2D eigenvalue weighted by atomic mass is 32.2. The summed E-state index contributed by atoms with van der Waals surface area (Å²) in [5.74, 6) is 2.01. The van der Waals surface area contributed by atoms with Crippen LogP contribution < -0.4 is 0 Å². The third-order valence-corrected chi connectivity index (χ3v) is 4.43. The van der Waals surface area contributed by atoms with E-state index in [9.17, 15) is 0 Å². The van der Waals surface area contributed by atoms with Gasteiger partial charge in [0.25, 0.3) is 0 Å². The first-order valence-corrected chi connectivity index (χ1v) is 8.80. The van der Waals surface area contributed by atoms with Crippen LogP contribution in [0.4, 0.5) is 0 Å². The molecule has 0 spiro atoms. The highest BCUT2D eigenvalue weighted by Crippen LogP contribution is 2.19. The minimum atomic E-state index is 0.532. The molecule has 0 fully saturated rings. The van der Waals surface area contributed by atoms with Crippen molar-refractivity contribution in [2.24, 2.45) is 0 Å². The molecule has 0 atom stereocenters. The van der Waals surface area contributed by atoms with E-state index < -0.39 is 0 Å². The Kier molecular flexibility index (Phi) is 7.74. The van der Waals surface area contributed by atoms with Crippen LogP contribution in [0.25, 0.3) is 0 Å². The van der Waals surface area contributed by atoms with Gasteiger partial charge in [-0.05, 0) is 24.3 Å². The number of nitrogens with zero attached hydrogens (tertiary/aromatic N) is 4. The Morgan fingerprint density at radius 1 is 0.913 bits per heavy atom. The Balaban J connectivity index is 0.000000174. The zero-order valence-electron chi connectivity index (χ0n) is 12.3. The van der Waals surface area contributed by atoms with Crippen LogP contribution in [0.5, 0.6) is 0 Å². The second-order valence-electron chi connectivity index (χ2n) is 4.19. The Morgan fingerprint density at radius 3 is 2.04 bits per heavy atom. The summed E-state index contributed by atoms with van der Waals surface area (Å²) in [7, 11) is 0. The number of hydrogen-bond acceptors (Lipinski definition) is 6. The molecule has 3 rings (SSSR count). The molecule has 23 heavy (non-hydrogen) atoms. The molecule has 0 unspecified atom stereocenters. The predicted molar refractivity (Wildman–Crippen MR) is 93.0 cm³/mol. The van der Waals surface area contributed by atoms with Gasteiger partial charge in [-0.15, -0.1) is 33.7 Å². The van der Waals surface area contributed by atoms with Crippen LogP contribution in [0.3, 0.4) is 0 Å². The first-order chi connectivity index (χ1) is 11.4. The molecule has 0 radical (unpaired) electrons. The summed E-state index contributed by atoms with van der Waals surface area (Å²) in [5, 5.41) is 21.9. The number of aromatic amines is 1. The molecule has 0 aliphatic heterocycles. The summed E-state index contributed by atoms with van der Waals surface area (Å²) in [4.78, 5) is 2.37. The van der Waals surface area contributed by atoms with Gasteiger partial charge in [0.1, 0.15) is 0 Å². The maximum absolute atomic E-state index is 8.26. The van der Waals surface area contributed by atoms with Gasteiger partial charge in [0.15, 0.2) is 5.82 Å². The summed E-state index contributed by atoms with van der Waals surface area (Å²) in [6.07, 6.45) is 0. The van der Waals surface area contributed by atoms with Crippen molar-refractivity contribution in [1.29, 1.82) is 5.26 Å². The van der Waals surface area contributed by atoms with Crippen LogP contribution in [0.15, 0.2) is 70.5 Å². The van der Waals surface area contributed by atoms with Crippen LogP contribution >= 0.6 is 23.5 Å². The second kappa shape index (κ2) is 10.4. The van der Waals surface area contributed by atoms with Crippen molar-refractivity contribution in [3.8, 4) is 6.07 Å². The zero-order valence-corrected chi connectivity index (χ0v) is 13.9. The number of rotatable bonds is 5. The number of benzene rings is 2. The number of hydrogen-bond donors (Lipinski definition) is 1. The second-order valence-corrected chi connectivity index (χ2v) is 6.29. The topological polar surface area (TPSA) is 78.2 Å². The van der Waals surface area contributed by atoms with Gasteiger partial charge in [-0.3, -0.25) is 0 Å². The van der Waals surface area contributed by atoms with Gasteiger partial charge in [-0.2, -0.15) is 10.5 Å². The van der Waals surface area contributed by atoms with Crippen molar-refractivity contribution in [3.63, 3.8) is 0 Å². The maximum atomic E-state index is 8.26. The molecule has 3 aromatic rings. The van der Waals surface area contributed by atoms with Crippen LogP contribution in [0, 0.1) is 11.3 Å². The molecule has 0 saturated heterocycles. The van der Waals surface area contributed by atoms with Crippen molar-refractivity contribution in [2.75, 3.05) is 5.75 Å². The lowest BCUT2D eigenvalue weighted by atomic mass is 10.4. The summed E-state index contributed by atoms with van der Waals surface area (Å²) in [5.41, 5.74) is 0. The molecule has 1 heterocycles. The van der Waals surface area contributed by atoms with E-state index in [0.717, 1.165) is 16.5 Å². The number of H-pyrrole nitrogens is 1. The van der Waals surface area contributed by atoms with Gasteiger partial charge in [0.2, 0.25) is 0 Å². The molecule has 0 bridgehead atoms. The van der Waals surface area contributed by atoms with Crippen LogP contribution in [0.2, 0.25) is 0 Å². The molecule has 5 nitrogen and oxygen atoms in total. The number of nitriles is 1. The molecule has 0 amide bonds. The Hall–Kier alpha value is -2.30. The fraction of sp³-hybridized carbons (Fsp3) is 0.125. The van der Waals surface area contributed by atoms with Crippen LogP contribution in [-0.4, -0.2) is 26.4 Å². The van der Waals surface area contributed by atoms with E-state index in [4.69, 9.17) is 5.26 Å². The zero-order chi connectivity index (χ0) is 16.2. The lowest BCUT2D eigenvalue weighted by Gasteiger charge is -1.95. The average Bonchev–Trinajstić information content (AvgIpc) is 3.14. The molecule has 116 valence electrons. The first-order valence-electron chi connectivity index (χ1n) is 6.83. The van der Waals surface area contributed by atoms with E-state index in [1.165, 1.54) is 4.90 Å². The highest BCUT2D eigenvalue weighted by molar-refractivity contribution is 7.99. The normalized spacial score (nSPS) is 9.52. The SMILES string of the molecule is N#CCSc1ccccc1.c1ccc(SCc2nn[nH]n2)cc1.